The predicted octanol–water partition coefficient (Wildman–Crippen LogP) is 17.1. The van der Waals surface area contributed by atoms with Crippen LogP contribution in [0.1, 0.15) is 115 Å². The number of benzene rings is 8. The molecule has 0 N–H and O–H groups in total. The van der Waals surface area contributed by atoms with Gasteiger partial charge in [-0.15, -0.1) is 23.5 Å². The third kappa shape index (κ3) is 19.5. The predicted molar refractivity (Wildman–Crippen MR) is 391 cm³/mol. The third-order valence-electron chi connectivity index (χ3n) is 16.2. The smallest absolute Gasteiger partial charge is 0.383 e. The van der Waals surface area contributed by atoms with Crippen LogP contribution in [-0.4, -0.2) is 119 Å². The van der Waals surface area contributed by atoms with Gasteiger partial charge >= 0.3 is 12.4 Å². The highest BCUT2D eigenvalue weighted by atomic mass is 32.2. The Labute approximate surface area is 662 Å². The lowest BCUT2D eigenvalue weighted by Gasteiger charge is -2.39. The molecule has 2 saturated heterocycles. The molecule has 12 rings (SSSR count). The van der Waals surface area contributed by atoms with Gasteiger partial charge in [0.25, 0.3) is 0 Å². The Morgan fingerprint density at radius 2 is 1.07 bits per heavy atom. The summed E-state index contributed by atoms with van der Waals surface area (Å²) in [6.07, 6.45) is -11.5. The van der Waals surface area contributed by atoms with Gasteiger partial charge in [0, 0.05) is 135 Å². The summed E-state index contributed by atoms with van der Waals surface area (Å²) in [5.41, 5.74) is -17.6. The van der Waals surface area contributed by atoms with E-state index in [-0.39, 0.29) is 59.7 Å². The van der Waals surface area contributed by atoms with Crippen LogP contribution in [0.2, 0.25) is 0 Å². The topological polar surface area (TPSA) is 110 Å². The number of nitrogens with zero attached hydrogens (tertiary/aromatic N) is 6. The van der Waals surface area contributed by atoms with E-state index in [0.29, 0.717) is 21.6 Å². The number of rotatable bonds is 24. The van der Waals surface area contributed by atoms with Crippen molar-refractivity contribution in [2.24, 2.45) is 0 Å². The molecule has 105 heavy (non-hydrogen) atoms. The van der Waals surface area contributed by atoms with Crippen molar-refractivity contribution < 1.29 is 114 Å². The largest absolute Gasteiger partial charge is 0.416 e. The molecule has 0 unspecified atom stereocenters. The number of para-hydroxylation sites is 1. The summed E-state index contributed by atoms with van der Waals surface area (Å²) in [4.78, 5) is 61.4. The minimum Gasteiger partial charge on any atom is -0.383 e. The Morgan fingerprint density at radius 3 is 1.66 bits per heavy atom. The van der Waals surface area contributed by atoms with Gasteiger partial charge in [0.05, 0.1) is 85.1 Å². The lowest BCUT2D eigenvalue weighted by atomic mass is 10.00. The Balaban J connectivity index is 0.000000278. The highest BCUT2D eigenvalue weighted by molar-refractivity contribution is 7.98. The normalized spacial score (nSPS) is 20.6. The number of thioether (sulfide) groups is 2. The zero-order valence-corrected chi connectivity index (χ0v) is 55.8. The number of pyridine rings is 2. The van der Waals surface area contributed by atoms with Gasteiger partial charge < -0.3 is 38.2 Å². The molecule has 0 aliphatic carbocycles. The molecular formula is C81H78F10N6O6S2. The first-order chi connectivity index (χ1) is 65.0. The van der Waals surface area contributed by atoms with Gasteiger partial charge in [-0.1, -0.05) is 121 Å². The first-order valence-corrected chi connectivity index (χ1v) is 32.8. The molecular weight excluding hydrogens is 1410 g/mol. The Kier molecular flexibility index (Phi) is 14.1. The van der Waals surface area contributed by atoms with Gasteiger partial charge in [-0.05, 0) is 127 Å². The minimum absolute atomic E-state index is 0.0280. The van der Waals surface area contributed by atoms with Crippen molar-refractivity contribution >= 4 is 57.1 Å². The fourth-order valence-electron chi connectivity index (χ4n) is 10.9. The number of carbonyl (C=O) groups excluding carboxylic acids is 2. The van der Waals surface area contributed by atoms with Crippen LogP contribution in [0.15, 0.2) is 207 Å². The number of hydrogen-bond acceptors (Lipinski definition) is 10. The molecule has 10 aromatic rings. The van der Waals surface area contributed by atoms with E-state index in [9.17, 15) is 59.4 Å². The van der Waals surface area contributed by atoms with Crippen molar-refractivity contribution in [3.63, 3.8) is 0 Å². The standard InChI is InChI=1S/C41H40F5N3O3S.C40H38F5N3O3S/c1-27-6-15-36-34(22-27)37(50)23-39(53-26-31-4-3-5-35(42)40(31)43)49(36)25-38(51)48(33-16-18-47(19-17-33)20-21-52-2)24-28-7-9-29(10-8-28)30-11-13-32(14-12-30)41(44,45)46;1-51-22-21-46-19-17-32(18-20-46)47(24-27-9-11-28(12-10-27)29-13-15-31(16-14-29)40(43,44)45)37(50)25-48-35-8-3-2-6-33(35)36(49)23-38(48)52-26-30-5-4-7-34(41)39(30)42/h3-15,22-23,33H,16-21,24-26H2,1-2H3;2-16,23,32H,17-22,24-26H2,1H3/i2D3,3D,4D,5D,6D,7D,8D,9D,10D,11D,12D,13D,14D,15D,20D2,21D2,22D,23D,25D2,26D2;1D3,21D2,22D2,25D2,26D2. The fraction of sp³-hybridized carbons (Fsp3) is 0.309. The van der Waals surface area contributed by atoms with E-state index in [1.165, 1.54) is 36.4 Å². The maximum absolute atomic E-state index is 15.7. The van der Waals surface area contributed by atoms with Gasteiger partial charge in [-0.3, -0.25) is 19.2 Å². The lowest BCUT2D eigenvalue weighted by Crippen LogP contribution is -2.48. The van der Waals surface area contributed by atoms with Crippen molar-refractivity contribution in [1.29, 1.82) is 0 Å². The van der Waals surface area contributed by atoms with E-state index in [1.807, 2.05) is 0 Å². The lowest BCUT2D eigenvalue weighted by molar-refractivity contribution is -0.138. The van der Waals surface area contributed by atoms with Gasteiger partial charge in [-0.2, -0.15) is 26.3 Å². The van der Waals surface area contributed by atoms with Crippen molar-refractivity contribution in [2.75, 3.05) is 66.4 Å². The van der Waals surface area contributed by atoms with Crippen LogP contribution in [0.4, 0.5) is 43.9 Å². The highest BCUT2D eigenvalue weighted by Gasteiger charge is 2.34. The second kappa shape index (κ2) is 34.9. The molecule has 2 aliphatic heterocycles. The summed E-state index contributed by atoms with van der Waals surface area (Å²) in [7, 11) is -6.79. The number of piperidine rings is 2. The minimum atomic E-state index is -5.46. The summed E-state index contributed by atoms with van der Waals surface area (Å²) >= 11 is -0.403. The van der Waals surface area contributed by atoms with Crippen LogP contribution in [0.25, 0.3) is 44.1 Å². The SMILES string of the molecule is [2H]C([2H])([2H])OC([2H])([2H])C([2H])([2H])N1CCC(N(Cc2ccc(-c3ccc(C(F)(F)F)cc3)cc2)C(=O)C([2H])([2H])n2c(SC([2H])([2H])c3cccc(F)c3F)cc(=O)c3ccccc32)CC1.[2H]c1c([2H])c(F)c(F)c(C([2H])([2H])Sc2c([2H])c(=O)c3c([2H])c(C)c([2H])c([2H])c3n2C([2H])([2H])C(=O)N(Cc2c([2H])c([2H])c(-c3c([2H])c([2H])c(C(F)(F)F)c([2H])c3[2H])c([2H])c2[2H])C2CCN(C([2H])([2H])C([2H])([2H])OC([2H])([2H])[2H])CC2)c1[2H]. The van der Waals surface area contributed by atoms with Gasteiger partial charge in [0.15, 0.2) is 34.1 Å². The molecule has 24 heteroatoms. The van der Waals surface area contributed by atoms with Crippen LogP contribution in [0.5, 0.6) is 0 Å². The number of carbonyl (C=O) groups is 2. The molecule has 0 atom stereocenters. The first-order valence-electron chi connectivity index (χ1n) is 49.6. The summed E-state index contributed by atoms with van der Waals surface area (Å²) in [5, 5.41) is -2.97. The van der Waals surface area contributed by atoms with Crippen LogP contribution in [0, 0.1) is 30.2 Å². The fourth-order valence-corrected chi connectivity index (χ4v) is 12.4. The molecule has 550 valence electrons. The van der Waals surface area contributed by atoms with E-state index in [1.54, 1.807) is 24.3 Å². The number of ether oxygens (including phenoxy) is 2. The van der Waals surface area contributed by atoms with Crippen molar-refractivity contribution in [2.45, 2.75) is 105 Å². The van der Waals surface area contributed by atoms with Crippen LogP contribution >= 0.6 is 23.5 Å². The van der Waals surface area contributed by atoms with Crippen molar-refractivity contribution in [1.82, 2.24) is 28.7 Å². The summed E-state index contributed by atoms with van der Waals surface area (Å²) < 4.78 is 463. The maximum Gasteiger partial charge on any atom is 0.416 e. The zero-order valence-electron chi connectivity index (χ0n) is 91.2. The van der Waals surface area contributed by atoms with E-state index >= 15 is 9.18 Å². The molecule has 4 heterocycles. The van der Waals surface area contributed by atoms with Gasteiger partial charge in [-0.25, -0.2) is 17.6 Å². The van der Waals surface area contributed by atoms with Crippen LogP contribution < -0.4 is 10.9 Å². The molecule has 0 radical (unpaired) electrons. The third-order valence-corrected chi connectivity index (χ3v) is 17.8. The highest BCUT2D eigenvalue weighted by Crippen LogP contribution is 2.36. The Morgan fingerprint density at radius 1 is 0.533 bits per heavy atom. The molecule has 0 bridgehead atoms. The second-order valence-corrected chi connectivity index (χ2v) is 24.6. The van der Waals surface area contributed by atoms with Gasteiger partial charge in [0.1, 0.15) is 13.0 Å². The summed E-state index contributed by atoms with van der Waals surface area (Å²) in [6.45, 7) is -23.0. The van der Waals surface area contributed by atoms with Crippen LogP contribution in [-0.2, 0) is 68.9 Å². The number of amides is 2. The molecule has 0 saturated carbocycles. The average Bonchev–Trinajstić information content (AvgIpc) is 0.708. The summed E-state index contributed by atoms with van der Waals surface area (Å²) in [6, 6.07) is -2.52. The number of likely N-dealkylation sites (tertiary alicyclic amines) is 2. The van der Waals surface area contributed by atoms with E-state index in [0.717, 1.165) is 62.6 Å². The molecule has 8 aromatic carbocycles. The van der Waals surface area contributed by atoms with Crippen molar-refractivity contribution in [3.8, 4) is 22.3 Å². The molecule has 2 aromatic heterocycles. The van der Waals surface area contributed by atoms with E-state index in [2.05, 4.69) is 9.47 Å². The van der Waals surface area contributed by atoms with E-state index in [4.69, 9.17) is 45.2 Å². The second-order valence-electron chi connectivity index (χ2n) is 22.9. The molecule has 2 aliphatic rings. The number of methoxy groups -OCH3 is 2. The zero-order chi connectivity index (χ0) is 107. The number of alkyl halides is 6. The molecule has 0 spiro atoms. The Bertz CT molecular complexity index is 6680. The average molecular weight is 1520 g/mol. The Hall–Kier alpha value is -9.04. The molecule has 12 nitrogen and oxygen atoms in total. The van der Waals surface area contributed by atoms with Crippen LogP contribution in [0.3, 0.4) is 0 Å². The quantitative estimate of drug-likeness (QED) is 0.0428. The number of aromatic nitrogens is 2. The first kappa shape index (κ1) is 42.3. The van der Waals surface area contributed by atoms with Crippen molar-refractivity contribution in [3.05, 3.63) is 270 Å². The molecule has 2 fully saturated rings. The number of halogens is 10. The maximum atomic E-state index is 15.7. The van der Waals surface area contributed by atoms with Gasteiger partial charge in [0.2, 0.25) is 11.8 Å². The number of hydrogen-bond donors (Lipinski definition) is 0. The summed E-state index contributed by atoms with van der Waals surface area (Å²) in [5.74, 6) is -10.5. The van der Waals surface area contributed by atoms with E-state index < -0.39 is 335 Å². The number of fused-ring (bicyclic) bond motifs is 2. The monoisotopic (exact) mass is 1520 g/mol. The molecule has 2 amide bonds.